The lowest BCUT2D eigenvalue weighted by atomic mass is 10.0. The van der Waals surface area contributed by atoms with E-state index < -0.39 is 0 Å². The Bertz CT molecular complexity index is 1870. The SMILES string of the molecule is COc1ccc(-c2nn(-c3ccccc3)cc2/C=c2\sc3nc(-c4ccccc4C)nn3c2=O)cc1C. The van der Waals surface area contributed by atoms with Crippen LogP contribution in [-0.4, -0.2) is 31.5 Å². The Balaban J connectivity index is 1.50. The first-order valence-corrected chi connectivity index (χ1v) is 12.6. The number of aryl methyl sites for hydroxylation is 2. The van der Waals surface area contributed by atoms with Crippen molar-refractivity contribution in [1.82, 2.24) is 24.4 Å². The van der Waals surface area contributed by atoms with Crippen molar-refractivity contribution < 1.29 is 4.74 Å². The van der Waals surface area contributed by atoms with Crippen LogP contribution in [0.2, 0.25) is 0 Å². The summed E-state index contributed by atoms with van der Waals surface area (Å²) in [6.45, 7) is 4.01. The summed E-state index contributed by atoms with van der Waals surface area (Å²) in [6.07, 6.45) is 3.82. The van der Waals surface area contributed by atoms with Crippen molar-refractivity contribution in [2.24, 2.45) is 0 Å². The van der Waals surface area contributed by atoms with Crippen LogP contribution in [0.3, 0.4) is 0 Å². The van der Waals surface area contributed by atoms with E-state index in [4.69, 9.17) is 9.84 Å². The lowest BCUT2D eigenvalue weighted by Gasteiger charge is -2.06. The van der Waals surface area contributed by atoms with Gasteiger partial charge in [-0.3, -0.25) is 4.79 Å². The Labute approximate surface area is 216 Å². The lowest BCUT2D eigenvalue weighted by molar-refractivity contribution is 0.412. The number of methoxy groups -OCH3 is 1. The van der Waals surface area contributed by atoms with Crippen molar-refractivity contribution in [2.75, 3.05) is 7.11 Å². The van der Waals surface area contributed by atoms with E-state index in [-0.39, 0.29) is 5.56 Å². The normalized spacial score (nSPS) is 11.9. The third kappa shape index (κ3) is 4.11. The quantitative estimate of drug-likeness (QED) is 0.335. The summed E-state index contributed by atoms with van der Waals surface area (Å²) in [5.41, 5.74) is 6.26. The van der Waals surface area contributed by atoms with Crippen LogP contribution in [0.1, 0.15) is 16.7 Å². The molecule has 182 valence electrons. The highest BCUT2D eigenvalue weighted by Crippen LogP contribution is 2.29. The second-order valence-corrected chi connectivity index (χ2v) is 9.77. The molecule has 6 rings (SSSR count). The number of thiazole rings is 1. The number of hydrogen-bond acceptors (Lipinski definition) is 6. The molecule has 8 heteroatoms. The summed E-state index contributed by atoms with van der Waals surface area (Å²) in [4.78, 5) is 18.5. The van der Waals surface area contributed by atoms with Gasteiger partial charge in [-0.2, -0.15) is 14.6 Å². The number of para-hydroxylation sites is 1. The molecule has 0 bridgehead atoms. The molecule has 3 aromatic carbocycles. The van der Waals surface area contributed by atoms with E-state index in [1.54, 1.807) is 7.11 Å². The third-order valence-electron chi connectivity index (χ3n) is 6.29. The van der Waals surface area contributed by atoms with Crippen LogP contribution in [0.25, 0.3) is 39.4 Å². The van der Waals surface area contributed by atoms with Gasteiger partial charge in [-0.05, 0) is 61.4 Å². The van der Waals surface area contributed by atoms with Crippen LogP contribution in [0, 0.1) is 13.8 Å². The third-order valence-corrected chi connectivity index (χ3v) is 7.25. The zero-order valence-corrected chi connectivity index (χ0v) is 21.4. The molecule has 0 radical (unpaired) electrons. The number of rotatable bonds is 5. The molecule has 3 heterocycles. The molecular formula is C29H23N5O2S. The second kappa shape index (κ2) is 9.15. The number of nitrogens with zero attached hydrogens (tertiary/aromatic N) is 5. The highest BCUT2D eigenvalue weighted by atomic mass is 32.1. The van der Waals surface area contributed by atoms with E-state index in [0.717, 1.165) is 44.9 Å². The van der Waals surface area contributed by atoms with E-state index >= 15 is 0 Å². The van der Waals surface area contributed by atoms with Crippen molar-refractivity contribution in [3.63, 3.8) is 0 Å². The molecule has 6 aromatic rings. The van der Waals surface area contributed by atoms with Crippen LogP contribution in [0.4, 0.5) is 0 Å². The molecule has 3 aromatic heterocycles. The van der Waals surface area contributed by atoms with Crippen LogP contribution in [0.15, 0.2) is 83.8 Å². The zero-order chi connectivity index (χ0) is 25.5. The molecule has 0 aliphatic carbocycles. The maximum Gasteiger partial charge on any atom is 0.291 e. The Morgan fingerprint density at radius 3 is 2.43 bits per heavy atom. The molecule has 0 saturated heterocycles. The molecule has 37 heavy (non-hydrogen) atoms. The molecule has 0 amide bonds. The summed E-state index contributed by atoms with van der Waals surface area (Å²) in [7, 11) is 1.66. The van der Waals surface area contributed by atoms with Gasteiger partial charge in [0.2, 0.25) is 4.96 Å². The first-order valence-electron chi connectivity index (χ1n) is 11.8. The monoisotopic (exact) mass is 505 g/mol. The molecule has 0 atom stereocenters. The minimum absolute atomic E-state index is 0.198. The lowest BCUT2D eigenvalue weighted by Crippen LogP contribution is -2.23. The molecule has 0 N–H and O–H groups in total. The average molecular weight is 506 g/mol. The number of hydrogen-bond donors (Lipinski definition) is 0. The van der Waals surface area contributed by atoms with Gasteiger partial charge in [0.25, 0.3) is 5.56 Å². The fourth-order valence-corrected chi connectivity index (χ4v) is 5.27. The van der Waals surface area contributed by atoms with Crippen molar-refractivity contribution in [3.8, 4) is 34.1 Å². The molecule has 0 aliphatic heterocycles. The number of aromatic nitrogens is 5. The van der Waals surface area contributed by atoms with Crippen molar-refractivity contribution in [2.45, 2.75) is 13.8 Å². The topological polar surface area (TPSA) is 74.3 Å². The van der Waals surface area contributed by atoms with Gasteiger partial charge in [0.15, 0.2) is 5.82 Å². The van der Waals surface area contributed by atoms with E-state index in [2.05, 4.69) is 10.1 Å². The van der Waals surface area contributed by atoms with Gasteiger partial charge in [0, 0.05) is 22.9 Å². The van der Waals surface area contributed by atoms with Crippen LogP contribution in [-0.2, 0) is 0 Å². The fourth-order valence-electron chi connectivity index (χ4n) is 4.37. The summed E-state index contributed by atoms with van der Waals surface area (Å²) in [5.74, 6) is 1.37. The Morgan fingerprint density at radius 1 is 0.919 bits per heavy atom. The van der Waals surface area contributed by atoms with Gasteiger partial charge in [0.05, 0.1) is 17.3 Å². The summed E-state index contributed by atoms with van der Waals surface area (Å²) >= 11 is 1.32. The molecule has 0 aliphatic rings. The number of benzene rings is 3. The molecule has 0 saturated carbocycles. The predicted molar refractivity (Wildman–Crippen MR) is 146 cm³/mol. The Kier molecular flexibility index (Phi) is 5.65. The second-order valence-electron chi connectivity index (χ2n) is 8.76. The van der Waals surface area contributed by atoms with Gasteiger partial charge in [-0.25, -0.2) is 4.68 Å². The smallest absolute Gasteiger partial charge is 0.291 e. The van der Waals surface area contributed by atoms with Crippen molar-refractivity contribution in [1.29, 1.82) is 0 Å². The minimum Gasteiger partial charge on any atom is -0.496 e. The van der Waals surface area contributed by atoms with E-state index in [9.17, 15) is 4.79 Å². The van der Waals surface area contributed by atoms with Crippen molar-refractivity contribution in [3.05, 3.63) is 111 Å². The standard InChI is InChI=1S/C29H23N5O2S/c1-18-9-7-8-12-23(18)27-30-29-34(32-27)28(35)25(37-29)16-21-17-33(22-10-5-4-6-11-22)31-26(21)20-13-14-24(36-3)19(2)15-20/h4-17H,1-3H3/b25-16-. The predicted octanol–water partition coefficient (Wildman–Crippen LogP) is 4.84. The van der Waals surface area contributed by atoms with Gasteiger partial charge < -0.3 is 4.74 Å². The number of ether oxygens (including phenoxy) is 1. The molecule has 7 nitrogen and oxygen atoms in total. The minimum atomic E-state index is -0.198. The first-order chi connectivity index (χ1) is 18.0. The summed E-state index contributed by atoms with van der Waals surface area (Å²) in [6, 6.07) is 23.8. The molecular weight excluding hydrogens is 482 g/mol. The highest BCUT2D eigenvalue weighted by Gasteiger charge is 2.16. The van der Waals surface area contributed by atoms with Gasteiger partial charge >= 0.3 is 0 Å². The summed E-state index contributed by atoms with van der Waals surface area (Å²) < 4.78 is 9.20. The van der Waals surface area contributed by atoms with Crippen LogP contribution >= 0.6 is 11.3 Å². The molecule has 0 unspecified atom stereocenters. The Hall–Kier alpha value is -4.56. The van der Waals surface area contributed by atoms with Gasteiger partial charge in [-0.1, -0.05) is 53.8 Å². The zero-order valence-electron chi connectivity index (χ0n) is 20.5. The van der Waals surface area contributed by atoms with Crippen LogP contribution < -0.4 is 14.8 Å². The van der Waals surface area contributed by atoms with E-state index in [0.29, 0.717) is 15.3 Å². The summed E-state index contributed by atoms with van der Waals surface area (Å²) in [5, 5.41) is 9.41. The van der Waals surface area contributed by atoms with Gasteiger partial charge in [0.1, 0.15) is 11.4 Å². The average Bonchev–Trinajstić information content (AvgIpc) is 3.60. The first kappa shape index (κ1) is 22.9. The molecule has 0 fully saturated rings. The maximum atomic E-state index is 13.3. The van der Waals surface area contributed by atoms with E-state index in [1.807, 2.05) is 104 Å². The largest absolute Gasteiger partial charge is 0.496 e. The van der Waals surface area contributed by atoms with Gasteiger partial charge in [-0.15, -0.1) is 5.10 Å². The fraction of sp³-hybridized carbons (Fsp3) is 0.103. The van der Waals surface area contributed by atoms with E-state index in [1.165, 1.54) is 15.9 Å². The van der Waals surface area contributed by atoms with Crippen molar-refractivity contribution >= 4 is 22.4 Å². The molecule has 0 spiro atoms. The maximum absolute atomic E-state index is 13.3. The van der Waals surface area contributed by atoms with Crippen LogP contribution in [0.5, 0.6) is 5.75 Å². The number of fused-ring (bicyclic) bond motifs is 1. The Morgan fingerprint density at radius 2 is 1.70 bits per heavy atom. The highest BCUT2D eigenvalue weighted by molar-refractivity contribution is 7.15.